The Labute approximate surface area is 71.5 Å². The van der Waals surface area contributed by atoms with E-state index in [0.717, 1.165) is 10.6 Å². The lowest BCUT2D eigenvalue weighted by molar-refractivity contribution is 1.66. The second-order valence-corrected chi connectivity index (χ2v) is 2.49. The maximum atomic E-state index is 5.68. The van der Waals surface area contributed by atoms with Gasteiger partial charge in [0.15, 0.2) is 0 Å². The summed E-state index contributed by atoms with van der Waals surface area (Å²) in [6, 6.07) is 7.49. The van der Waals surface area contributed by atoms with Crippen molar-refractivity contribution in [3.05, 3.63) is 40.9 Å². The first kappa shape index (κ1) is 7.91. The summed E-state index contributed by atoms with van der Waals surface area (Å²) in [6.45, 7) is 0. The van der Waals surface area contributed by atoms with E-state index in [2.05, 4.69) is 5.92 Å². The van der Waals surface area contributed by atoms with Gasteiger partial charge in [-0.2, -0.15) is 0 Å². The molecular weight excluding hydrogens is 156 g/mol. The molecule has 0 radical (unpaired) electrons. The Morgan fingerprint density at radius 1 is 1.27 bits per heavy atom. The van der Waals surface area contributed by atoms with E-state index < -0.39 is 0 Å². The van der Waals surface area contributed by atoms with Crippen LogP contribution < -0.4 is 0 Å². The molecule has 0 nitrogen and oxygen atoms in total. The molecule has 1 rings (SSSR count). The fourth-order valence-electron chi connectivity index (χ4n) is 0.718. The first-order valence-electron chi connectivity index (χ1n) is 3.21. The Kier molecular flexibility index (Phi) is 2.77. The maximum absolute atomic E-state index is 5.68. The lowest BCUT2D eigenvalue weighted by Crippen LogP contribution is -1.68. The van der Waals surface area contributed by atoms with Crippen molar-refractivity contribution in [1.82, 2.24) is 0 Å². The van der Waals surface area contributed by atoms with E-state index in [1.165, 1.54) is 0 Å². The van der Waals surface area contributed by atoms with Gasteiger partial charge in [-0.3, -0.25) is 0 Å². The largest absolute Gasteiger partial charge is 0.115 e. The quantitative estimate of drug-likeness (QED) is 0.557. The van der Waals surface area contributed by atoms with Gasteiger partial charge in [0.2, 0.25) is 0 Å². The molecule has 0 N–H and O–H groups in total. The highest BCUT2D eigenvalue weighted by Crippen LogP contribution is 2.10. The van der Waals surface area contributed by atoms with E-state index in [1.807, 2.05) is 30.3 Å². The average Bonchev–Trinajstić information content (AvgIpc) is 2.04. The fourth-order valence-corrected chi connectivity index (χ4v) is 0.844. The van der Waals surface area contributed by atoms with Gasteiger partial charge in [0.25, 0.3) is 0 Å². The van der Waals surface area contributed by atoms with Gasteiger partial charge in [-0.25, -0.2) is 0 Å². The molecule has 0 saturated heterocycles. The van der Waals surface area contributed by atoms with Crippen LogP contribution in [0.5, 0.6) is 0 Å². The van der Waals surface area contributed by atoms with Gasteiger partial charge < -0.3 is 0 Å². The van der Waals surface area contributed by atoms with E-state index in [1.54, 1.807) is 6.08 Å². The molecule has 0 heterocycles. The van der Waals surface area contributed by atoms with Crippen LogP contribution in [0.3, 0.4) is 0 Å². The molecule has 0 saturated carbocycles. The minimum absolute atomic E-state index is 0.739. The lowest BCUT2D eigenvalue weighted by atomic mass is 10.2. The second-order valence-electron chi connectivity index (χ2n) is 2.05. The van der Waals surface area contributed by atoms with E-state index in [0.29, 0.717) is 0 Å². The topological polar surface area (TPSA) is 0 Å². The molecule has 0 spiro atoms. The Morgan fingerprint density at radius 3 is 2.45 bits per heavy atom. The van der Waals surface area contributed by atoms with Crippen LogP contribution in [0.25, 0.3) is 6.08 Å². The monoisotopic (exact) mass is 162 g/mol. The van der Waals surface area contributed by atoms with E-state index in [9.17, 15) is 0 Å². The summed E-state index contributed by atoms with van der Waals surface area (Å²) in [7, 11) is 0. The number of hydrogen-bond donors (Lipinski definition) is 0. The number of terminal acetylenes is 1. The smallest absolute Gasteiger partial charge is 0.0406 e. The molecule has 0 amide bonds. The summed E-state index contributed by atoms with van der Waals surface area (Å²) in [6.07, 6.45) is 8.56. The molecule has 54 valence electrons. The van der Waals surface area contributed by atoms with E-state index in [-0.39, 0.29) is 0 Å². The summed E-state index contributed by atoms with van der Waals surface area (Å²) in [5.41, 5.74) is 1.06. The van der Waals surface area contributed by atoms with Crippen molar-refractivity contribution in [2.24, 2.45) is 0 Å². The molecule has 1 heteroatoms. The Bertz CT molecular complexity index is 288. The van der Waals surface area contributed by atoms with Crippen molar-refractivity contribution in [2.45, 2.75) is 0 Å². The van der Waals surface area contributed by atoms with E-state index >= 15 is 0 Å². The molecule has 0 aliphatic heterocycles. The molecule has 0 unspecified atom stereocenters. The number of allylic oxidation sites excluding steroid dienone is 1. The SMILES string of the molecule is C#C/C=C/c1ccc(Cl)cc1. The Morgan fingerprint density at radius 2 is 1.91 bits per heavy atom. The normalized spacial score (nSPS) is 9.82. The number of rotatable bonds is 1. The van der Waals surface area contributed by atoms with Gasteiger partial charge in [-0.15, -0.1) is 6.42 Å². The van der Waals surface area contributed by atoms with Crippen LogP contribution in [-0.2, 0) is 0 Å². The molecular formula is C10H7Cl. The molecule has 0 aromatic heterocycles. The number of benzene rings is 1. The Hall–Kier alpha value is -1.19. The molecule has 0 bridgehead atoms. The predicted octanol–water partition coefficient (Wildman–Crippen LogP) is 2.99. The zero-order valence-electron chi connectivity index (χ0n) is 5.92. The standard InChI is InChI=1S/C10H7Cl/c1-2-3-4-9-5-7-10(11)8-6-9/h1,3-8H/b4-3+. The van der Waals surface area contributed by atoms with Gasteiger partial charge in [-0.05, 0) is 29.8 Å². The van der Waals surface area contributed by atoms with Crippen molar-refractivity contribution in [2.75, 3.05) is 0 Å². The van der Waals surface area contributed by atoms with E-state index in [4.69, 9.17) is 18.0 Å². The minimum Gasteiger partial charge on any atom is -0.115 e. The summed E-state index contributed by atoms with van der Waals surface area (Å²) in [5, 5.41) is 0.739. The van der Waals surface area contributed by atoms with Crippen LogP contribution in [0.1, 0.15) is 5.56 Å². The van der Waals surface area contributed by atoms with Crippen LogP contribution in [0.4, 0.5) is 0 Å². The van der Waals surface area contributed by atoms with Crippen LogP contribution >= 0.6 is 11.6 Å². The summed E-state index contributed by atoms with van der Waals surface area (Å²) in [4.78, 5) is 0. The molecule has 0 atom stereocenters. The molecule has 0 fully saturated rings. The first-order valence-corrected chi connectivity index (χ1v) is 3.59. The third kappa shape index (κ3) is 2.49. The van der Waals surface area contributed by atoms with Crippen molar-refractivity contribution in [3.8, 4) is 12.3 Å². The number of hydrogen-bond acceptors (Lipinski definition) is 0. The van der Waals surface area contributed by atoms with Gasteiger partial charge in [-0.1, -0.05) is 29.7 Å². The minimum atomic E-state index is 0.739. The second kappa shape index (κ2) is 3.85. The number of halogens is 1. The highest BCUT2D eigenvalue weighted by Gasteiger charge is 1.85. The first-order chi connectivity index (χ1) is 5.33. The third-order valence-corrected chi connectivity index (χ3v) is 1.49. The zero-order chi connectivity index (χ0) is 8.10. The molecule has 1 aromatic carbocycles. The van der Waals surface area contributed by atoms with Gasteiger partial charge in [0, 0.05) is 5.02 Å². The van der Waals surface area contributed by atoms with Crippen molar-refractivity contribution < 1.29 is 0 Å². The van der Waals surface area contributed by atoms with Crippen LogP contribution in [0, 0.1) is 12.3 Å². The van der Waals surface area contributed by atoms with Crippen LogP contribution in [-0.4, -0.2) is 0 Å². The van der Waals surface area contributed by atoms with Crippen molar-refractivity contribution in [3.63, 3.8) is 0 Å². The molecule has 1 aromatic rings. The van der Waals surface area contributed by atoms with Gasteiger partial charge in [0.05, 0.1) is 0 Å². The summed E-state index contributed by atoms with van der Waals surface area (Å²) >= 11 is 5.68. The van der Waals surface area contributed by atoms with Crippen molar-refractivity contribution in [1.29, 1.82) is 0 Å². The summed E-state index contributed by atoms with van der Waals surface area (Å²) < 4.78 is 0. The van der Waals surface area contributed by atoms with Crippen LogP contribution in [0.2, 0.25) is 5.02 Å². The fraction of sp³-hybridized carbons (Fsp3) is 0. The molecule has 0 aliphatic carbocycles. The van der Waals surface area contributed by atoms with Crippen LogP contribution in [0.15, 0.2) is 30.3 Å². The molecule has 11 heavy (non-hydrogen) atoms. The third-order valence-electron chi connectivity index (χ3n) is 1.24. The van der Waals surface area contributed by atoms with Crippen molar-refractivity contribution >= 4 is 17.7 Å². The Balaban J connectivity index is 2.84. The average molecular weight is 163 g/mol. The van der Waals surface area contributed by atoms with Gasteiger partial charge in [0.1, 0.15) is 0 Å². The maximum Gasteiger partial charge on any atom is 0.0406 e. The lowest BCUT2D eigenvalue weighted by Gasteiger charge is -1.90. The predicted molar refractivity (Wildman–Crippen MR) is 49.3 cm³/mol. The molecule has 0 aliphatic rings. The van der Waals surface area contributed by atoms with Gasteiger partial charge >= 0.3 is 0 Å². The highest BCUT2D eigenvalue weighted by molar-refractivity contribution is 6.30. The summed E-state index contributed by atoms with van der Waals surface area (Å²) in [5.74, 6) is 2.42. The highest BCUT2D eigenvalue weighted by atomic mass is 35.5. The zero-order valence-corrected chi connectivity index (χ0v) is 6.68.